The van der Waals surface area contributed by atoms with E-state index in [1.807, 2.05) is 0 Å². The van der Waals surface area contributed by atoms with Gasteiger partial charge >= 0.3 is 18.6 Å². The van der Waals surface area contributed by atoms with Crippen LogP contribution in [0.4, 0.5) is 19.3 Å². The lowest BCUT2D eigenvalue weighted by Crippen LogP contribution is -2.38. The number of hydrogen-bond acceptors (Lipinski definition) is 3. The van der Waals surface area contributed by atoms with E-state index in [1.165, 1.54) is 30.3 Å². The predicted molar refractivity (Wildman–Crippen MR) is 71.5 cm³/mol. The summed E-state index contributed by atoms with van der Waals surface area (Å²) in [5.74, 6) is -1.20. The van der Waals surface area contributed by atoms with Gasteiger partial charge in [-0.05, 0) is 24.3 Å². The Kier molecular flexibility index (Phi) is 6.12. The van der Waals surface area contributed by atoms with Crippen molar-refractivity contribution < 1.29 is 28.2 Å². The minimum Gasteiger partial charge on any atom is -0.480 e. The number of urea groups is 1. The second kappa shape index (κ2) is 7.83. The Hall–Kier alpha value is -2.64. The van der Waals surface area contributed by atoms with Gasteiger partial charge in [-0.1, -0.05) is 6.08 Å². The number of carboxylic acid groups (broad SMARTS) is 1. The van der Waals surface area contributed by atoms with Crippen molar-refractivity contribution in [3.05, 3.63) is 36.9 Å². The van der Waals surface area contributed by atoms with Crippen LogP contribution in [0.15, 0.2) is 36.9 Å². The Balaban J connectivity index is 2.67. The molecule has 21 heavy (non-hydrogen) atoms. The van der Waals surface area contributed by atoms with Crippen molar-refractivity contribution in [1.82, 2.24) is 4.90 Å². The average molecular weight is 300 g/mol. The van der Waals surface area contributed by atoms with Crippen LogP contribution >= 0.6 is 0 Å². The zero-order chi connectivity index (χ0) is 15.8. The third-order valence-electron chi connectivity index (χ3n) is 2.29. The van der Waals surface area contributed by atoms with Gasteiger partial charge in [-0.2, -0.15) is 8.78 Å². The van der Waals surface area contributed by atoms with Gasteiger partial charge in [-0.3, -0.25) is 4.79 Å². The molecule has 1 aromatic carbocycles. The van der Waals surface area contributed by atoms with Gasteiger partial charge in [0.1, 0.15) is 12.3 Å². The SMILES string of the molecule is C=CCN(CC(=O)O)C(=O)Nc1ccc(OC(F)F)cc1. The highest BCUT2D eigenvalue weighted by Gasteiger charge is 2.15. The largest absolute Gasteiger partial charge is 0.480 e. The number of carbonyl (C=O) groups excluding carboxylic acids is 1. The zero-order valence-corrected chi connectivity index (χ0v) is 11.0. The molecule has 0 unspecified atom stereocenters. The van der Waals surface area contributed by atoms with E-state index in [4.69, 9.17) is 5.11 Å². The first-order valence-corrected chi connectivity index (χ1v) is 5.86. The summed E-state index contributed by atoms with van der Waals surface area (Å²) in [6.07, 6.45) is 1.39. The van der Waals surface area contributed by atoms with Gasteiger partial charge in [0.25, 0.3) is 0 Å². The number of benzene rings is 1. The third-order valence-corrected chi connectivity index (χ3v) is 2.29. The van der Waals surface area contributed by atoms with Gasteiger partial charge < -0.3 is 20.1 Å². The molecule has 0 spiro atoms. The fourth-order valence-corrected chi connectivity index (χ4v) is 1.46. The summed E-state index contributed by atoms with van der Waals surface area (Å²) < 4.78 is 28.1. The molecule has 0 heterocycles. The topological polar surface area (TPSA) is 78.9 Å². The maximum atomic E-state index is 12.0. The van der Waals surface area contributed by atoms with E-state index in [9.17, 15) is 18.4 Å². The summed E-state index contributed by atoms with van der Waals surface area (Å²) in [4.78, 5) is 23.5. The number of nitrogens with zero attached hydrogens (tertiary/aromatic N) is 1. The molecule has 0 radical (unpaired) electrons. The average Bonchev–Trinajstić information content (AvgIpc) is 2.39. The Morgan fingerprint density at radius 2 is 2.00 bits per heavy atom. The number of ether oxygens (including phenoxy) is 1. The van der Waals surface area contributed by atoms with Crippen molar-refractivity contribution in [2.24, 2.45) is 0 Å². The Labute approximate surface area is 119 Å². The number of rotatable bonds is 7. The molecule has 0 fully saturated rings. The Morgan fingerprint density at radius 3 is 2.48 bits per heavy atom. The maximum absolute atomic E-state index is 12.0. The van der Waals surface area contributed by atoms with Gasteiger partial charge in [0, 0.05) is 12.2 Å². The number of amides is 2. The molecule has 0 aliphatic carbocycles. The molecule has 8 heteroatoms. The third kappa shape index (κ3) is 5.89. The summed E-state index contributed by atoms with van der Waals surface area (Å²) >= 11 is 0. The molecule has 1 aromatic rings. The molecule has 0 saturated heterocycles. The molecule has 0 bridgehead atoms. The van der Waals surface area contributed by atoms with Crippen LogP contribution < -0.4 is 10.1 Å². The van der Waals surface area contributed by atoms with E-state index in [1.54, 1.807) is 0 Å². The van der Waals surface area contributed by atoms with Crippen LogP contribution in [-0.2, 0) is 4.79 Å². The van der Waals surface area contributed by atoms with E-state index in [2.05, 4.69) is 16.6 Å². The van der Waals surface area contributed by atoms with Crippen LogP contribution in [0, 0.1) is 0 Å². The number of carbonyl (C=O) groups is 2. The van der Waals surface area contributed by atoms with Crippen LogP contribution in [0.3, 0.4) is 0 Å². The predicted octanol–water partition coefficient (Wildman–Crippen LogP) is 2.39. The molecule has 2 amide bonds. The summed E-state index contributed by atoms with van der Waals surface area (Å²) in [7, 11) is 0. The van der Waals surface area contributed by atoms with E-state index in [0.29, 0.717) is 5.69 Å². The molecule has 0 aromatic heterocycles. The first-order valence-electron chi connectivity index (χ1n) is 5.86. The van der Waals surface area contributed by atoms with Crippen LogP contribution in [0.25, 0.3) is 0 Å². The van der Waals surface area contributed by atoms with Crippen molar-refractivity contribution in [3.8, 4) is 5.75 Å². The number of anilines is 1. The van der Waals surface area contributed by atoms with Crippen LogP contribution in [0.1, 0.15) is 0 Å². The van der Waals surface area contributed by atoms with Crippen molar-refractivity contribution in [1.29, 1.82) is 0 Å². The highest BCUT2D eigenvalue weighted by molar-refractivity contribution is 5.91. The first kappa shape index (κ1) is 16.4. The van der Waals surface area contributed by atoms with Crippen molar-refractivity contribution >= 4 is 17.7 Å². The van der Waals surface area contributed by atoms with E-state index >= 15 is 0 Å². The van der Waals surface area contributed by atoms with Gasteiger partial charge in [0.05, 0.1) is 0 Å². The number of hydrogen-bond donors (Lipinski definition) is 2. The van der Waals surface area contributed by atoms with Gasteiger partial charge in [0.2, 0.25) is 0 Å². The van der Waals surface area contributed by atoms with Crippen LogP contribution in [-0.4, -0.2) is 41.7 Å². The molecule has 0 saturated carbocycles. The number of alkyl halides is 2. The number of aliphatic carboxylic acids is 1. The Morgan fingerprint density at radius 1 is 1.38 bits per heavy atom. The molecule has 1 rings (SSSR count). The maximum Gasteiger partial charge on any atom is 0.387 e. The van der Waals surface area contributed by atoms with Gasteiger partial charge in [-0.15, -0.1) is 6.58 Å². The van der Waals surface area contributed by atoms with Gasteiger partial charge in [0.15, 0.2) is 0 Å². The fraction of sp³-hybridized carbons (Fsp3) is 0.231. The van der Waals surface area contributed by atoms with Crippen molar-refractivity contribution in [3.63, 3.8) is 0 Å². The second-order valence-electron chi connectivity index (χ2n) is 3.90. The molecular weight excluding hydrogens is 286 g/mol. The normalized spacial score (nSPS) is 10.0. The highest BCUT2D eigenvalue weighted by atomic mass is 19.3. The lowest BCUT2D eigenvalue weighted by atomic mass is 10.3. The van der Waals surface area contributed by atoms with Crippen molar-refractivity contribution in [2.75, 3.05) is 18.4 Å². The number of carboxylic acids is 1. The molecule has 0 atom stereocenters. The Bertz CT molecular complexity index is 505. The minimum absolute atomic E-state index is 0.0449. The smallest absolute Gasteiger partial charge is 0.387 e. The lowest BCUT2D eigenvalue weighted by molar-refractivity contribution is -0.137. The molecule has 114 valence electrons. The summed E-state index contributed by atoms with van der Waals surface area (Å²) in [5, 5.41) is 11.1. The number of halogens is 2. The zero-order valence-electron chi connectivity index (χ0n) is 11.0. The van der Waals surface area contributed by atoms with Crippen LogP contribution in [0.5, 0.6) is 5.75 Å². The monoisotopic (exact) mass is 300 g/mol. The quantitative estimate of drug-likeness (QED) is 0.758. The standard InChI is InChI=1S/C13H14F2N2O4/c1-2-7-17(8-11(18)19)13(20)16-9-3-5-10(6-4-9)21-12(14)15/h2-6,12H,1,7-8H2,(H,16,20)(H,18,19). The fourth-order valence-electron chi connectivity index (χ4n) is 1.46. The molecule has 6 nitrogen and oxygen atoms in total. The second-order valence-corrected chi connectivity index (χ2v) is 3.90. The summed E-state index contributed by atoms with van der Waals surface area (Å²) in [6, 6.07) is 4.61. The van der Waals surface area contributed by atoms with Gasteiger partial charge in [-0.25, -0.2) is 4.79 Å². The molecular formula is C13H14F2N2O4. The summed E-state index contributed by atoms with van der Waals surface area (Å²) in [5.41, 5.74) is 0.320. The molecule has 2 N–H and O–H groups in total. The summed E-state index contributed by atoms with van der Waals surface area (Å²) in [6.45, 7) is 0.0860. The number of nitrogens with one attached hydrogen (secondary N) is 1. The minimum atomic E-state index is -2.93. The van der Waals surface area contributed by atoms with Crippen LogP contribution in [0.2, 0.25) is 0 Å². The van der Waals surface area contributed by atoms with E-state index < -0.39 is 25.2 Å². The molecule has 0 aliphatic heterocycles. The van der Waals surface area contributed by atoms with E-state index in [0.717, 1.165) is 4.90 Å². The first-order chi connectivity index (χ1) is 9.92. The molecule has 0 aliphatic rings. The van der Waals surface area contributed by atoms with E-state index in [-0.39, 0.29) is 12.3 Å². The lowest BCUT2D eigenvalue weighted by Gasteiger charge is -2.19. The highest BCUT2D eigenvalue weighted by Crippen LogP contribution is 2.18. The van der Waals surface area contributed by atoms with Crippen molar-refractivity contribution in [2.45, 2.75) is 6.61 Å².